The number of carbonyl (C=O) groups excluding carboxylic acids is 1. The second kappa shape index (κ2) is 9.53. The van der Waals surface area contributed by atoms with Crippen LogP contribution in [0.25, 0.3) is 11.1 Å². The average molecular weight is 437 g/mol. The van der Waals surface area contributed by atoms with Crippen molar-refractivity contribution >= 4 is 5.91 Å². The van der Waals surface area contributed by atoms with Crippen LogP contribution in [0, 0.1) is 18.6 Å². The molecule has 0 unspecified atom stereocenters. The number of hydrogen-bond donors (Lipinski definition) is 0. The summed E-state index contributed by atoms with van der Waals surface area (Å²) in [6.45, 7) is 4.77. The van der Waals surface area contributed by atoms with Crippen molar-refractivity contribution in [3.8, 4) is 11.1 Å². The topological polar surface area (TPSA) is 55.3 Å². The summed E-state index contributed by atoms with van der Waals surface area (Å²) in [6.07, 6.45) is 4.06. The molecule has 0 spiro atoms. The van der Waals surface area contributed by atoms with E-state index in [1.54, 1.807) is 11.1 Å². The van der Waals surface area contributed by atoms with E-state index in [-0.39, 0.29) is 18.1 Å². The first-order valence-corrected chi connectivity index (χ1v) is 10.7. The SMILES string of the molecule is CCN(C(=O)c1cnc(C)cn1)[C@H]1CCO[C@@H](c2ccccc2-c2cc(F)cc(F)c2)C1. The smallest absolute Gasteiger partial charge is 0.274 e. The number of aromatic nitrogens is 2. The normalized spacial score (nSPS) is 18.4. The lowest BCUT2D eigenvalue weighted by molar-refractivity contribution is -0.0230. The molecule has 3 aromatic rings. The van der Waals surface area contributed by atoms with Crippen molar-refractivity contribution in [1.29, 1.82) is 0 Å². The Hall–Kier alpha value is -3.19. The van der Waals surface area contributed by atoms with Crippen molar-refractivity contribution in [1.82, 2.24) is 14.9 Å². The van der Waals surface area contributed by atoms with Gasteiger partial charge >= 0.3 is 0 Å². The second-order valence-corrected chi connectivity index (χ2v) is 7.92. The molecule has 5 nitrogen and oxygen atoms in total. The van der Waals surface area contributed by atoms with Crippen molar-refractivity contribution in [2.24, 2.45) is 0 Å². The van der Waals surface area contributed by atoms with Gasteiger partial charge < -0.3 is 9.64 Å². The van der Waals surface area contributed by atoms with Crippen LogP contribution in [0.5, 0.6) is 0 Å². The van der Waals surface area contributed by atoms with Crippen molar-refractivity contribution in [2.45, 2.75) is 38.8 Å². The monoisotopic (exact) mass is 437 g/mol. The van der Waals surface area contributed by atoms with E-state index in [0.717, 1.165) is 22.9 Å². The fourth-order valence-corrected chi connectivity index (χ4v) is 4.25. The molecule has 4 rings (SSSR count). The van der Waals surface area contributed by atoms with Crippen LogP contribution in [-0.2, 0) is 4.74 Å². The molecule has 1 aliphatic heterocycles. The summed E-state index contributed by atoms with van der Waals surface area (Å²) in [6, 6.07) is 10.9. The van der Waals surface area contributed by atoms with Gasteiger partial charge in [-0.25, -0.2) is 13.8 Å². The van der Waals surface area contributed by atoms with Gasteiger partial charge in [-0.3, -0.25) is 9.78 Å². The molecule has 0 bridgehead atoms. The number of aryl methyl sites for hydroxylation is 1. The minimum atomic E-state index is -0.626. The number of nitrogens with zero attached hydrogens (tertiary/aromatic N) is 3. The van der Waals surface area contributed by atoms with Gasteiger partial charge in [-0.1, -0.05) is 24.3 Å². The number of benzene rings is 2. The lowest BCUT2D eigenvalue weighted by Gasteiger charge is -2.37. The first kappa shape index (κ1) is 22.0. The summed E-state index contributed by atoms with van der Waals surface area (Å²) in [5, 5.41) is 0. The average Bonchev–Trinajstić information content (AvgIpc) is 2.79. The number of ether oxygens (including phenoxy) is 1. The molecule has 1 aromatic heterocycles. The summed E-state index contributed by atoms with van der Waals surface area (Å²) in [4.78, 5) is 23.3. The Morgan fingerprint density at radius 3 is 2.56 bits per heavy atom. The van der Waals surface area contributed by atoms with Crippen LogP contribution < -0.4 is 0 Å². The highest BCUT2D eigenvalue weighted by atomic mass is 19.1. The minimum absolute atomic E-state index is 0.0494. The van der Waals surface area contributed by atoms with E-state index < -0.39 is 11.6 Å². The van der Waals surface area contributed by atoms with Crippen molar-refractivity contribution in [3.05, 3.63) is 83.4 Å². The summed E-state index contributed by atoms with van der Waals surface area (Å²) in [5.74, 6) is -1.41. The highest BCUT2D eigenvalue weighted by Crippen LogP contribution is 2.37. The Morgan fingerprint density at radius 2 is 1.88 bits per heavy atom. The third kappa shape index (κ3) is 4.67. The molecule has 1 saturated heterocycles. The molecular weight excluding hydrogens is 412 g/mol. The zero-order valence-corrected chi connectivity index (χ0v) is 18.1. The molecule has 0 saturated carbocycles. The zero-order chi connectivity index (χ0) is 22.7. The predicted molar refractivity (Wildman–Crippen MR) is 117 cm³/mol. The van der Waals surface area contributed by atoms with Crippen LogP contribution in [0.1, 0.15) is 47.6 Å². The quantitative estimate of drug-likeness (QED) is 0.557. The van der Waals surface area contributed by atoms with Gasteiger partial charge in [-0.15, -0.1) is 0 Å². The Morgan fingerprint density at radius 1 is 1.12 bits per heavy atom. The molecule has 0 radical (unpaired) electrons. The molecule has 0 N–H and O–H groups in total. The first-order chi connectivity index (χ1) is 15.5. The number of carbonyl (C=O) groups is 1. The third-order valence-electron chi connectivity index (χ3n) is 5.78. The predicted octanol–water partition coefficient (Wildman–Crippen LogP) is 5.11. The summed E-state index contributed by atoms with van der Waals surface area (Å²) < 4.78 is 33.8. The lowest BCUT2D eigenvalue weighted by Crippen LogP contribution is -2.44. The largest absolute Gasteiger partial charge is 0.373 e. The van der Waals surface area contributed by atoms with E-state index in [2.05, 4.69) is 9.97 Å². The molecule has 166 valence electrons. The lowest BCUT2D eigenvalue weighted by atomic mass is 9.90. The van der Waals surface area contributed by atoms with E-state index >= 15 is 0 Å². The number of rotatable bonds is 5. The van der Waals surface area contributed by atoms with Crippen LogP contribution in [0.2, 0.25) is 0 Å². The maximum atomic E-state index is 13.8. The Kier molecular flexibility index (Phi) is 6.55. The van der Waals surface area contributed by atoms with Crippen LogP contribution in [0.15, 0.2) is 54.9 Å². The molecule has 7 heteroatoms. The molecule has 2 heterocycles. The number of hydrogen-bond acceptors (Lipinski definition) is 4. The molecule has 1 aliphatic rings. The van der Waals surface area contributed by atoms with Gasteiger partial charge in [0.15, 0.2) is 0 Å². The van der Waals surface area contributed by atoms with E-state index in [0.29, 0.717) is 37.3 Å². The molecule has 1 amide bonds. The van der Waals surface area contributed by atoms with Crippen LogP contribution in [-0.4, -0.2) is 40.0 Å². The number of amides is 1. The molecule has 2 aromatic carbocycles. The van der Waals surface area contributed by atoms with Crippen LogP contribution in [0.3, 0.4) is 0 Å². The zero-order valence-electron chi connectivity index (χ0n) is 18.1. The Bertz CT molecular complexity index is 1080. The maximum Gasteiger partial charge on any atom is 0.274 e. The molecule has 2 atom stereocenters. The van der Waals surface area contributed by atoms with E-state index in [1.165, 1.54) is 18.3 Å². The Labute approximate surface area is 186 Å². The van der Waals surface area contributed by atoms with E-state index in [1.807, 2.05) is 38.1 Å². The first-order valence-electron chi connectivity index (χ1n) is 10.7. The van der Waals surface area contributed by atoms with Gasteiger partial charge in [0, 0.05) is 31.5 Å². The molecular formula is C25H25F2N3O2. The highest BCUT2D eigenvalue weighted by Gasteiger charge is 2.32. The Balaban J connectivity index is 1.60. The van der Waals surface area contributed by atoms with Crippen molar-refractivity contribution in [2.75, 3.05) is 13.2 Å². The van der Waals surface area contributed by atoms with E-state index in [9.17, 15) is 13.6 Å². The summed E-state index contributed by atoms with van der Waals surface area (Å²) in [7, 11) is 0. The fraction of sp³-hybridized carbons (Fsp3) is 0.320. The summed E-state index contributed by atoms with van der Waals surface area (Å²) in [5.41, 5.74) is 3.09. The van der Waals surface area contributed by atoms with Crippen LogP contribution >= 0.6 is 0 Å². The van der Waals surface area contributed by atoms with Gasteiger partial charge in [0.2, 0.25) is 0 Å². The van der Waals surface area contributed by atoms with Gasteiger partial charge in [-0.05, 0) is 55.5 Å². The minimum Gasteiger partial charge on any atom is -0.373 e. The third-order valence-corrected chi connectivity index (χ3v) is 5.78. The molecule has 1 fully saturated rings. The van der Waals surface area contributed by atoms with Gasteiger partial charge in [-0.2, -0.15) is 0 Å². The molecule has 0 aliphatic carbocycles. The van der Waals surface area contributed by atoms with Crippen molar-refractivity contribution < 1.29 is 18.3 Å². The van der Waals surface area contributed by atoms with Gasteiger partial charge in [0.05, 0.1) is 18.0 Å². The van der Waals surface area contributed by atoms with Crippen LogP contribution in [0.4, 0.5) is 8.78 Å². The standard InChI is InChI=1S/C25H25F2N3O2/c1-3-30(25(31)23-15-28-16(2)14-29-23)20-8-9-32-24(13-20)22-7-5-4-6-21(22)17-10-18(26)12-19(27)11-17/h4-7,10-12,14-15,20,24H,3,8-9,13H2,1-2H3/t20-,24+/m0/s1. The molecule has 32 heavy (non-hydrogen) atoms. The maximum absolute atomic E-state index is 13.8. The summed E-state index contributed by atoms with van der Waals surface area (Å²) >= 11 is 0. The van der Waals surface area contributed by atoms with E-state index in [4.69, 9.17) is 4.74 Å². The fourth-order valence-electron chi connectivity index (χ4n) is 4.25. The number of halogens is 2. The van der Waals surface area contributed by atoms with Gasteiger partial charge in [0.25, 0.3) is 5.91 Å². The highest BCUT2D eigenvalue weighted by molar-refractivity contribution is 5.92. The van der Waals surface area contributed by atoms with Crippen molar-refractivity contribution in [3.63, 3.8) is 0 Å². The second-order valence-electron chi connectivity index (χ2n) is 7.92. The van der Waals surface area contributed by atoms with Gasteiger partial charge in [0.1, 0.15) is 17.3 Å².